The van der Waals surface area contributed by atoms with Crippen LogP contribution < -0.4 is 0 Å². The third-order valence-corrected chi connectivity index (χ3v) is 17.5. The van der Waals surface area contributed by atoms with Crippen LogP contribution in [-0.4, -0.2) is 96.7 Å². The van der Waals surface area contributed by atoms with E-state index < -0.39 is 97.5 Å². The number of esters is 4. The molecule has 0 aliphatic rings. The first-order valence-electron chi connectivity index (χ1n) is 35.3. The molecule has 87 heavy (non-hydrogen) atoms. The van der Waals surface area contributed by atoms with Gasteiger partial charge in [-0.05, 0) is 43.4 Å². The van der Waals surface area contributed by atoms with Crippen LogP contribution in [0, 0.1) is 17.8 Å². The van der Waals surface area contributed by atoms with Gasteiger partial charge in [-0.1, -0.05) is 286 Å². The minimum Gasteiger partial charge on any atom is -0.462 e. The Bertz CT molecular complexity index is 1720. The molecule has 0 aromatic rings. The number of hydrogen-bond acceptors (Lipinski definition) is 15. The third kappa shape index (κ3) is 62.6. The van der Waals surface area contributed by atoms with Gasteiger partial charge in [-0.2, -0.15) is 0 Å². The molecule has 0 bridgehead atoms. The maximum absolute atomic E-state index is 13.0. The van der Waals surface area contributed by atoms with Crippen LogP contribution in [0.1, 0.15) is 337 Å². The van der Waals surface area contributed by atoms with Gasteiger partial charge >= 0.3 is 39.5 Å². The molecule has 5 atom stereocenters. The Labute approximate surface area is 530 Å². The Morgan fingerprint density at radius 3 is 0.782 bits per heavy atom. The van der Waals surface area contributed by atoms with E-state index in [1.54, 1.807) is 0 Å². The highest BCUT2D eigenvalue weighted by Gasteiger charge is 2.30. The summed E-state index contributed by atoms with van der Waals surface area (Å²) in [6, 6.07) is 0. The summed E-state index contributed by atoms with van der Waals surface area (Å²) in [6.07, 6.45) is 41.7. The van der Waals surface area contributed by atoms with Crippen LogP contribution in [0.3, 0.4) is 0 Å². The van der Waals surface area contributed by atoms with E-state index in [-0.39, 0.29) is 25.7 Å². The van der Waals surface area contributed by atoms with Gasteiger partial charge < -0.3 is 33.8 Å². The van der Waals surface area contributed by atoms with Gasteiger partial charge in [0.25, 0.3) is 0 Å². The summed E-state index contributed by atoms with van der Waals surface area (Å²) >= 11 is 0. The average molecular weight is 1280 g/mol. The van der Waals surface area contributed by atoms with Crippen LogP contribution in [0.2, 0.25) is 0 Å². The Hall–Kier alpha value is -1.94. The Balaban J connectivity index is 5.26. The van der Waals surface area contributed by atoms with Crippen molar-refractivity contribution in [3.63, 3.8) is 0 Å². The van der Waals surface area contributed by atoms with Gasteiger partial charge in [0.1, 0.15) is 19.3 Å². The van der Waals surface area contributed by atoms with Crippen molar-refractivity contribution in [2.75, 3.05) is 39.6 Å². The minimum absolute atomic E-state index is 0.104. The fourth-order valence-corrected chi connectivity index (χ4v) is 11.8. The molecule has 0 aromatic carbocycles. The zero-order valence-corrected chi connectivity index (χ0v) is 58.3. The molecule has 0 rings (SSSR count). The Morgan fingerprint density at radius 1 is 0.310 bits per heavy atom. The van der Waals surface area contributed by atoms with E-state index in [1.807, 2.05) is 0 Å². The van der Waals surface area contributed by atoms with E-state index in [4.69, 9.17) is 37.0 Å². The lowest BCUT2D eigenvalue weighted by Crippen LogP contribution is -2.30. The second-order valence-corrected chi connectivity index (χ2v) is 28.9. The van der Waals surface area contributed by atoms with E-state index in [1.165, 1.54) is 148 Å². The van der Waals surface area contributed by atoms with Gasteiger partial charge in [0.05, 0.1) is 26.4 Å². The number of carbonyl (C=O) groups excluding carboxylic acids is 4. The molecule has 0 spiro atoms. The molecule has 19 heteroatoms. The van der Waals surface area contributed by atoms with Gasteiger partial charge in [0.2, 0.25) is 0 Å². The van der Waals surface area contributed by atoms with Crippen LogP contribution in [0.25, 0.3) is 0 Å². The number of aliphatic hydroxyl groups excluding tert-OH is 1. The highest BCUT2D eigenvalue weighted by molar-refractivity contribution is 7.47. The van der Waals surface area contributed by atoms with Crippen molar-refractivity contribution in [1.82, 2.24) is 0 Å². The Morgan fingerprint density at radius 2 is 0.529 bits per heavy atom. The molecule has 0 fully saturated rings. The van der Waals surface area contributed by atoms with Crippen molar-refractivity contribution in [2.45, 2.75) is 356 Å². The highest BCUT2D eigenvalue weighted by Crippen LogP contribution is 2.45. The molecule has 0 heterocycles. The normalized spacial score (nSPS) is 14.3. The molecular weight excluding hydrogens is 1150 g/mol. The van der Waals surface area contributed by atoms with Crippen LogP contribution in [0.15, 0.2) is 0 Å². The standard InChI is InChI=1S/C68H132O17P2/c1-8-9-10-11-12-13-14-15-16-19-30-37-44-51-67(72)84-63(55-78-65(70)49-42-35-28-20-17-18-25-32-39-46-59(2)3)57-82-86(74,75)80-53-62(69)54-81-87(76,77)83-58-64(85-68(73)52-45-38-31-24-22-27-34-41-48-61(6)7)56-79-66(71)50-43-36-29-23-21-26-33-40-47-60(4)5/h59-64,69H,8-58H2,1-7H3,(H,74,75)(H,76,77)/t62-,63-,64-/m1/s1. The number of carbonyl (C=O) groups is 4. The number of ether oxygens (including phenoxy) is 4. The molecule has 0 saturated carbocycles. The lowest BCUT2D eigenvalue weighted by atomic mass is 10.0. The van der Waals surface area contributed by atoms with Gasteiger partial charge in [-0.25, -0.2) is 9.13 Å². The molecule has 0 saturated heterocycles. The van der Waals surface area contributed by atoms with Crippen LogP contribution in [0.4, 0.5) is 0 Å². The average Bonchev–Trinajstić information content (AvgIpc) is 3.51. The van der Waals surface area contributed by atoms with Crippen molar-refractivity contribution >= 4 is 39.5 Å². The summed E-state index contributed by atoms with van der Waals surface area (Å²) in [7, 11) is -9.90. The summed E-state index contributed by atoms with van der Waals surface area (Å²) in [5.41, 5.74) is 0. The number of rotatable bonds is 66. The van der Waals surface area contributed by atoms with Crippen molar-refractivity contribution in [3.05, 3.63) is 0 Å². The first-order valence-corrected chi connectivity index (χ1v) is 38.3. The summed E-state index contributed by atoms with van der Waals surface area (Å²) in [5.74, 6) is 0.0584. The second kappa shape index (κ2) is 59.1. The third-order valence-electron chi connectivity index (χ3n) is 15.6. The molecular formula is C68H132O17P2. The first kappa shape index (κ1) is 85.1. The molecule has 0 aromatic heterocycles. The maximum Gasteiger partial charge on any atom is 0.472 e. The van der Waals surface area contributed by atoms with E-state index in [0.29, 0.717) is 25.7 Å². The topological polar surface area (TPSA) is 237 Å². The predicted molar refractivity (Wildman–Crippen MR) is 349 cm³/mol. The van der Waals surface area contributed by atoms with Gasteiger partial charge in [-0.3, -0.25) is 37.3 Å². The molecule has 0 radical (unpaired) electrons. The van der Waals surface area contributed by atoms with Crippen molar-refractivity contribution in [2.24, 2.45) is 17.8 Å². The largest absolute Gasteiger partial charge is 0.472 e. The molecule has 516 valence electrons. The van der Waals surface area contributed by atoms with E-state index in [0.717, 1.165) is 108 Å². The lowest BCUT2D eigenvalue weighted by molar-refractivity contribution is -0.161. The zero-order chi connectivity index (χ0) is 64.5. The van der Waals surface area contributed by atoms with E-state index in [9.17, 15) is 43.2 Å². The zero-order valence-electron chi connectivity index (χ0n) is 56.5. The first-order chi connectivity index (χ1) is 41.7. The molecule has 17 nitrogen and oxygen atoms in total. The second-order valence-electron chi connectivity index (χ2n) is 26.0. The van der Waals surface area contributed by atoms with Gasteiger partial charge in [0, 0.05) is 25.7 Å². The van der Waals surface area contributed by atoms with Crippen molar-refractivity contribution in [1.29, 1.82) is 0 Å². The van der Waals surface area contributed by atoms with Crippen molar-refractivity contribution < 1.29 is 80.2 Å². The Kier molecular flexibility index (Phi) is 57.8. The summed E-state index contributed by atoms with van der Waals surface area (Å²) in [5, 5.41) is 10.6. The molecule has 3 N–H and O–H groups in total. The fraction of sp³-hybridized carbons (Fsp3) is 0.941. The number of phosphoric ester groups is 2. The number of unbranched alkanes of at least 4 members (excludes halogenated alkanes) is 34. The SMILES string of the molecule is CCCCCCCCCCCCCCCC(=O)O[C@H](COC(=O)CCCCCCCCCCCC(C)C)COP(=O)(O)OC[C@@H](O)COP(=O)(O)OC[C@@H](COC(=O)CCCCCCCCCCC(C)C)OC(=O)CCCCCCCCCCC(C)C. The molecule has 0 amide bonds. The molecule has 2 unspecified atom stereocenters. The van der Waals surface area contributed by atoms with Gasteiger partial charge in [0.15, 0.2) is 12.2 Å². The highest BCUT2D eigenvalue weighted by atomic mass is 31.2. The van der Waals surface area contributed by atoms with Crippen LogP contribution >= 0.6 is 15.6 Å². The van der Waals surface area contributed by atoms with E-state index in [2.05, 4.69) is 48.5 Å². The predicted octanol–water partition coefficient (Wildman–Crippen LogP) is 19.1. The van der Waals surface area contributed by atoms with Crippen LogP contribution in [0.5, 0.6) is 0 Å². The number of hydrogen-bond donors (Lipinski definition) is 3. The molecule has 0 aliphatic carbocycles. The monoisotopic (exact) mass is 1280 g/mol. The number of phosphoric acid groups is 2. The quantitative estimate of drug-likeness (QED) is 0.0222. The maximum atomic E-state index is 13.0. The summed E-state index contributed by atoms with van der Waals surface area (Å²) < 4.78 is 68.2. The minimum atomic E-state index is -4.95. The fourth-order valence-electron chi connectivity index (χ4n) is 10.2. The smallest absolute Gasteiger partial charge is 0.462 e. The van der Waals surface area contributed by atoms with E-state index >= 15 is 0 Å². The van der Waals surface area contributed by atoms with Gasteiger partial charge in [-0.15, -0.1) is 0 Å². The summed E-state index contributed by atoms with van der Waals surface area (Å²) in [6.45, 7) is 11.7. The van der Waals surface area contributed by atoms with Crippen molar-refractivity contribution in [3.8, 4) is 0 Å². The van der Waals surface area contributed by atoms with Crippen LogP contribution in [-0.2, 0) is 65.4 Å². The number of aliphatic hydroxyl groups is 1. The molecule has 0 aliphatic heterocycles. The lowest BCUT2D eigenvalue weighted by Gasteiger charge is -2.21. The summed E-state index contributed by atoms with van der Waals surface area (Å²) in [4.78, 5) is 72.4.